The van der Waals surface area contributed by atoms with Crippen molar-refractivity contribution < 1.29 is 23.7 Å². The van der Waals surface area contributed by atoms with E-state index in [0.29, 0.717) is 36.5 Å². The Labute approximate surface area is 151 Å². The Morgan fingerprint density at radius 1 is 1.23 bits per heavy atom. The molecule has 2 saturated heterocycles. The summed E-state index contributed by atoms with van der Waals surface area (Å²) >= 11 is 0. The predicted molar refractivity (Wildman–Crippen MR) is 87.3 cm³/mol. The van der Waals surface area contributed by atoms with Gasteiger partial charge in [-0.3, -0.25) is 4.79 Å². The summed E-state index contributed by atoms with van der Waals surface area (Å²) in [7, 11) is 3.00. The molecule has 1 aromatic rings. The number of ether oxygens (including phenoxy) is 4. The van der Waals surface area contributed by atoms with Crippen molar-refractivity contribution in [2.45, 2.75) is 25.2 Å². The maximum absolute atomic E-state index is 13.2. The number of carbonyl (C=O) groups is 1. The van der Waals surface area contributed by atoms with Crippen LogP contribution in [0.25, 0.3) is 0 Å². The molecule has 0 amide bonds. The Morgan fingerprint density at radius 2 is 1.96 bits per heavy atom. The minimum Gasteiger partial charge on any atom is -0.493 e. The van der Waals surface area contributed by atoms with E-state index in [0.717, 1.165) is 0 Å². The van der Waals surface area contributed by atoms with Crippen LogP contribution in [0.4, 0.5) is 0 Å². The number of benzene rings is 1. The number of Topliss-reactive ketones (excluding diaryl/α,β-unsaturated/α-hetero) is 1. The van der Waals surface area contributed by atoms with Crippen LogP contribution < -0.4 is 9.47 Å². The number of carbonyl (C=O) groups excluding carboxylic acids is 1. The molecule has 26 heavy (non-hydrogen) atoms. The van der Waals surface area contributed by atoms with E-state index in [4.69, 9.17) is 18.9 Å². The molecular formula is C19H18N2O5. The van der Waals surface area contributed by atoms with Crippen LogP contribution in [0.3, 0.4) is 0 Å². The van der Waals surface area contributed by atoms with E-state index in [1.165, 1.54) is 14.2 Å². The van der Waals surface area contributed by atoms with Gasteiger partial charge in [0.15, 0.2) is 29.0 Å². The second-order valence-corrected chi connectivity index (χ2v) is 6.90. The van der Waals surface area contributed by atoms with Crippen molar-refractivity contribution in [2.24, 2.45) is 16.7 Å². The standard InChI is InChI=1S/C19H18N2O5/c1-23-13-4-3-11(7-14(13)24-2)15(22)16-18(9-20,10-21)19(16)6-5-12-8-25-17(19)26-12/h3-4,7,12,16-17H,5-6,8H2,1-2H3/t12-,16+,17-,19-/m1/s1. The lowest BCUT2D eigenvalue weighted by molar-refractivity contribution is -0.140. The van der Waals surface area contributed by atoms with Gasteiger partial charge in [0.2, 0.25) is 0 Å². The van der Waals surface area contributed by atoms with Crippen LogP contribution in [-0.2, 0) is 9.47 Å². The van der Waals surface area contributed by atoms with Gasteiger partial charge in [0.1, 0.15) is 0 Å². The van der Waals surface area contributed by atoms with Gasteiger partial charge in [-0.25, -0.2) is 0 Å². The number of hydrogen-bond acceptors (Lipinski definition) is 7. The number of nitriles is 2. The van der Waals surface area contributed by atoms with Crippen molar-refractivity contribution in [2.75, 3.05) is 20.8 Å². The lowest BCUT2D eigenvalue weighted by Gasteiger charge is -2.29. The van der Waals surface area contributed by atoms with E-state index in [2.05, 4.69) is 12.1 Å². The summed E-state index contributed by atoms with van der Waals surface area (Å²) < 4.78 is 22.0. The summed E-state index contributed by atoms with van der Waals surface area (Å²) in [6.07, 6.45) is 0.539. The fourth-order valence-electron chi connectivity index (χ4n) is 4.56. The third-order valence-electron chi connectivity index (χ3n) is 5.93. The van der Waals surface area contributed by atoms with Crippen molar-refractivity contribution in [1.29, 1.82) is 10.5 Å². The van der Waals surface area contributed by atoms with Gasteiger partial charge in [-0.05, 0) is 31.0 Å². The lowest BCUT2D eigenvalue weighted by atomic mass is 9.86. The molecule has 134 valence electrons. The van der Waals surface area contributed by atoms with Gasteiger partial charge >= 0.3 is 0 Å². The van der Waals surface area contributed by atoms with Crippen molar-refractivity contribution in [1.82, 2.24) is 0 Å². The van der Waals surface area contributed by atoms with E-state index in [1.54, 1.807) is 18.2 Å². The minimum absolute atomic E-state index is 0.0156. The first-order chi connectivity index (χ1) is 12.6. The number of ketones is 1. The molecule has 0 N–H and O–H groups in total. The molecule has 4 atom stereocenters. The molecule has 1 aromatic carbocycles. The fraction of sp³-hybridized carbons (Fsp3) is 0.526. The highest BCUT2D eigenvalue weighted by Crippen LogP contribution is 2.76. The summed E-state index contributed by atoms with van der Waals surface area (Å²) in [5.74, 6) is -0.132. The first-order valence-electron chi connectivity index (χ1n) is 8.43. The molecule has 0 unspecified atom stereocenters. The normalized spacial score (nSPS) is 33.2. The Bertz CT molecular complexity index is 840. The molecule has 1 saturated carbocycles. The lowest BCUT2D eigenvalue weighted by Crippen LogP contribution is -2.35. The van der Waals surface area contributed by atoms with Crippen LogP contribution in [0.2, 0.25) is 0 Å². The van der Waals surface area contributed by atoms with Crippen LogP contribution in [0, 0.1) is 39.4 Å². The van der Waals surface area contributed by atoms with Crippen molar-refractivity contribution >= 4 is 5.78 Å². The minimum atomic E-state index is -1.43. The maximum Gasteiger partial charge on any atom is 0.169 e. The zero-order valence-electron chi connectivity index (χ0n) is 14.5. The van der Waals surface area contributed by atoms with Crippen LogP contribution in [0.5, 0.6) is 11.5 Å². The van der Waals surface area contributed by atoms with Crippen LogP contribution in [0.1, 0.15) is 23.2 Å². The van der Waals surface area contributed by atoms with Gasteiger partial charge in [-0.15, -0.1) is 0 Å². The number of nitrogens with zero attached hydrogens (tertiary/aromatic N) is 2. The van der Waals surface area contributed by atoms with Gasteiger partial charge < -0.3 is 18.9 Å². The van der Waals surface area contributed by atoms with E-state index in [-0.39, 0.29) is 11.9 Å². The molecule has 0 aromatic heterocycles. The highest BCUT2D eigenvalue weighted by Gasteiger charge is 2.86. The highest BCUT2D eigenvalue weighted by molar-refractivity contribution is 6.03. The van der Waals surface area contributed by atoms with Crippen molar-refractivity contribution in [3.63, 3.8) is 0 Å². The molecule has 3 fully saturated rings. The monoisotopic (exact) mass is 354 g/mol. The Kier molecular flexibility index (Phi) is 3.69. The van der Waals surface area contributed by atoms with E-state index in [1.807, 2.05) is 0 Å². The first-order valence-corrected chi connectivity index (χ1v) is 8.43. The van der Waals surface area contributed by atoms with Gasteiger partial charge in [-0.1, -0.05) is 0 Å². The topological polar surface area (TPSA) is 102 Å². The third kappa shape index (κ3) is 1.90. The molecule has 0 radical (unpaired) electrons. The maximum atomic E-state index is 13.2. The molecule has 4 rings (SSSR count). The van der Waals surface area contributed by atoms with Crippen molar-refractivity contribution in [3.05, 3.63) is 23.8 Å². The van der Waals surface area contributed by atoms with E-state index in [9.17, 15) is 15.3 Å². The molecule has 7 nitrogen and oxygen atoms in total. The molecule has 2 bridgehead atoms. The average molecular weight is 354 g/mol. The summed E-state index contributed by atoms with van der Waals surface area (Å²) in [6, 6.07) is 9.04. The van der Waals surface area contributed by atoms with Crippen molar-refractivity contribution in [3.8, 4) is 23.6 Å². The fourth-order valence-corrected chi connectivity index (χ4v) is 4.56. The molecule has 7 heteroatoms. The summed E-state index contributed by atoms with van der Waals surface area (Å²) in [5, 5.41) is 19.5. The number of fused-ring (bicyclic) bond motifs is 3. The quantitative estimate of drug-likeness (QED) is 0.763. The molecular weight excluding hydrogens is 336 g/mol. The zero-order valence-corrected chi connectivity index (χ0v) is 14.5. The molecule has 3 aliphatic rings. The Balaban J connectivity index is 1.74. The predicted octanol–water partition coefficient (Wildman–Crippen LogP) is 2.07. The second kappa shape index (κ2) is 5.70. The largest absolute Gasteiger partial charge is 0.493 e. The van der Waals surface area contributed by atoms with Crippen LogP contribution in [-0.4, -0.2) is 39.0 Å². The zero-order chi connectivity index (χ0) is 18.5. The summed E-state index contributed by atoms with van der Waals surface area (Å²) in [4.78, 5) is 13.2. The average Bonchev–Trinajstić information content (AvgIpc) is 3.06. The Hall–Kier alpha value is -2.61. The smallest absolute Gasteiger partial charge is 0.169 e. The second-order valence-electron chi connectivity index (χ2n) is 6.90. The van der Waals surface area contributed by atoms with E-state index >= 15 is 0 Å². The third-order valence-corrected chi connectivity index (χ3v) is 5.93. The molecule has 2 heterocycles. The SMILES string of the molecule is COc1ccc(C(=O)[C@H]2C(C#N)(C#N)[C@]23CC[C@@H]2CO[C@@H]3O2)cc1OC. The molecule has 1 spiro atoms. The summed E-state index contributed by atoms with van der Waals surface area (Å²) in [6.45, 7) is 0.441. The number of rotatable bonds is 4. The van der Waals surface area contributed by atoms with Gasteiger partial charge in [0, 0.05) is 5.56 Å². The van der Waals surface area contributed by atoms with Crippen LogP contribution >= 0.6 is 0 Å². The Morgan fingerprint density at radius 3 is 2.62 bits per heavy atom. The number of methoxy groups -OCH3 is 2. The number of hydrogen-bond donors (Lipinski definition) is 0. The molecule has 1 aliphatic carbocycles. The highest BCUT2D eigenvalue weighted by atomic mass is 16.7. The molecule has 2 aliphatic heterocycles. The van der Waals surface area contributed by atoms with E-state index < -0.39 is 23.0 Å². The van der Waals surface area contributed by atoms with Crippen LogP contribution in [0.15, 0.2) is 18.2 Å². The van der Waals surface area contributed by atoms with Gasteiger partial charge in [0.05, 0.1) is 50.4 Å². The van der Waals surface area contributed by atoms with Gasteiger partial charge in [0.25, 0.3) is 0 Å². The summed E-state index contributed by atoms with van der Waals surface area (Å²) in [5.41, 5.74) is -1.97. The van der Waals surface area contributed by atoms with Gasteiger partial charge in [-0.2, -0.15) is 10.5 Å². The first kappa shape index (κ1) is 16.8.